The molecule has 7 heteroatoms. The molecule has 0 unspecified atom stereocenters. The molecule has 1 aromatic heterocycles. The lowest BCUT2D eigenvalue weighted by Gasteiger charge is -2.09. The molecule has 1 amide bonds. The zero-order valence-electron chi connectivity index (χ0n) is 12.1. The first-order valence-electron chi connectivity index (χ1n) is 6.79. The van der Waals surface area contributed by atoms with Crippen LogP contribution in [-0.4, -0.2) is 29.5 Å². The van der Waals surface area contributed by atoms with E-state index in [0.717, 1.165) is 11.3 Å². The van der Waals surface area contributed by atoms with Crippen LogP contribution >= 0.6 is 0 Å². The first-order chi connectivity index (χ1) is 10.6. The van der Waals surface area contributed by atoms with Gasteiger partial charge in [-0.3, -0.25) is 14.6 Å². The number of aromatic amines is 2. The fraction of sp³-hybridized carbons (Fsp3) is 0.267. The van der Waals surface area contributed by atoms with E-state index in [2.05, 4.69) is 10.3 Å². The van der Waals surface area contributed by atoms with Gasteiger partial charge in [-0.25, -0.2) is 4.79 Å². The molecule has 7 nitrogen and oxygen atoms in total. The average Bonchev–Trinajstić information content (AvgIpc) is 2.46. The third-order valence-electron chi connectivity index (χ3n) is 3.08. The zero-order valence-corrected chi connectivity index (χ0v) is 12.1. The van der Waals surface area contributed by atoms with Crippen molar-refractivity contribution in [3.8, 4) is 5.75 Å². The summed E-state index contributed by atoms with van der Waals surface area (Å²) in [7, 11) is 1.60. The van der Waals surface area contributed by atoms with Gasteiger partial charge in [-0.15, -0.1) is 0 Å². The van der Waals surface area contributed by atoms with Crippen molar-refractivity contribution in [2.24, 2.45) is 0 Å². The monoisotopic (exact) mass is 303 g/mol. The number of nitrogens with one attached hydrogen (secondary N) is 3. The summed E-state index contributed by atoms with van der Waals surface area (Å²) in [6.45, 7) is 0.437. The Morgan fingerprint density at radius 1 is 1.23 bits per heavy atom. The molecule has 0 atom stereocenters. The highest BCUT2D eigenvalue weighted by Crippen LogP contribution is 2.17. The number of carbonyl (C=O) groups is 1. The molecule has 1 aromatic carbocycles. The number of amides is 1. The van der Waals surface area contributed by atoms with E-state index in [1.54, 1.807) is 7.11 Å². The van der Waals surface area contributed by atoms with E-state index >= 15 is 0 Å². The maximum absolute atomic E-state index is 11.8. The third-order valence-corrected chi connectivity index (χ3v) is 3.08. The van der Waals surface area contributed by atoms with Crippen LogP contribution in [0.15, 0.2) is 39.9 Å². The molecule has 0 radical (unpaired) electrons. The third kappa shape index (κ3) is 4.34. The van der Waals surface area contributed by atoms with Crippen molar-refractivity contribution < 1.29 is 9.53 Å². The van der Waals surface area contributed by atoms with E-state index in [0.29, 0.717) is 13.0 Å². The summed E-state index contributed by atoms with van der Waals surface area (Å²) in [5.74, 6) is 0.506. The lowest BCUT2D eigenvalue weighted by atomic mass is 10.1. The summed E-state index contributed by atoms with van der Waals surface area (Å²) in [6, 6.07) is 8.77. The van der Waals surface area contributed by atoms with Crippen molar-refractivity contribution >= 4 is 5.91 Å². The molecule has 0 spiro atoms. The highest BCUT2D eigenvalue weighted by atomic mass is 16.5. The second kappa shape index (κ2) is 7.26. The normalized spacial score (nSPS) is 10.2. The maximum Gasteiger partial charge on any atom is 0.325 e. The molecular formula is C15H17N3O4. The summed E-state index contributed by atoms with van der Waals surface area (Å²) >= 11 is 0. The van der Waals surface area contributed by atoms with Crippen LogP contribution < -0.4 is 21.3 Å². The topological polar surface area (TPSA) is 104 Å². The summed E-state index contributed by atoms with van der Waals surface area (Å²) in [5.41, 5.74) is 0.128. The minimum atomic E-state index is -0.621. The second-order valence-electron chi connectivity index (χ2n) is 4.70. The van der Waals surface area contributed by atoms with Gasteiger partial charge in [0.15, 0.2) is 0 Å². The van der Waals surface area contributed by atoms with E-state index in [-0.39, 0.29) is 18.0 Å². The fourth-order valence-corrected chi connectivity index (χ4v) is 2.10. The number of rotatable bonds is 6. The summed E-state index contributed by atoms with van der Waals surface area (Å²) in [5, 5.41) is 2.74. The first kappa shape index (κ1) is 15.6. The number of aromatic nitrogens is 2. The molecule has 2 rings (SSSR count). The first-order valence-corrected chi connectivity index (χ1v) is 6.79. The Bertz CT molecular complexity index is 735. The van der Waals surface area contributed by atoms with Crippen LogP contribution in [0, 0.1) is 0 Å². The Labute approximate surface area is 126 Å². The number of para-hydroxylation sites is 1. The van der Waals surface area contributed by atoms with Crippen LogP contribution in [0.4, 0.5) is 0 Å². The smallest absolute Gasteiger partial charge is 0.325 e. The van der Waals surface area contributed by atoms with E-state index in [1.807, 2.05) is 29.2 Å². The van der Waals surface area contributed by atoms with Crippen LogP contribution in [-0.2, 0) is 17.6 Å². The lowest BCUT2D eigenvalue weighted by molar-refractivity contribution is -0.120. The van der Waals surface area contributed by atoms with Crippen LogP contribution in [0.1, 0.15) is 11.3 Å². The van der Waals surface area contributed by atoms with E-state index in [9.17, 15) is 14.4 Å². The van der Waals surface area contributed by atoms with Gasteiger partial charge in [0.05, 0.1) is 13.5 Å². The minimum Gasteiger partial charge on any atom is -0.496 e. The molecule has 0 saturated heterocycles. The Hall–Kier alpha value is -2.83. The van der Waals surface area contributed by atoms with E-state index < -0.39 is 11.2 Å². The van der Waals surface area contributed by atoms with Crippen LogP contribution in [0.5, 0.6) is 5.75 Å². The average molecular weight is 303 g/mol. The number of ether oxygens (including phenoxy) is 1. The van der Waals surface area contributed by atoms with Gasteiger partial charge in [-0.2, -0.15) is 0 Å². The number of H-pyrrole nitrogens is 2. The van der Waals surface area contributed by atoms with Crippen molar-refractivity contribution in [1.29, 1.82) is 0 Å². The molecule has 0 saturated carbocycles. The molecule has 1 heterocycles. The van der Waals surface area contributed by atoms with E-state index in [4.69, 9.17) is 4.74 Å². The number of hydrogen-bond donors (Lipinski definition) is 3. The summed E-state index contributed by atoms with van der Waals surface area (Å²) in [6.07, 6.45) is 0.576. The highest BCUT2D eigenvalue weighted by molar-refractivity contribution is 5.78. The molecule has 0 bridgehead atoms. The maximum atomic E-state index is 11.8. The predicted octanol–water partition coefficient (Wildman–Crippen LogP) is -0.0268. The molecule has 116 valence electrons. The van der Waals surface area contributed by atoms with Crippen LogP contribution in [0.2, 0.25) is 0 Å². The number of hydrogen-bond acceptors (Lipinski definition) is 4. The SMILES string of the molecule is COc1ccccc1CCNC(=O)Cc1cc(=O)[nH]c(=O)[nH]1. The van der Waals surface area contributed by atoms with Crippen molar-refractivity contribution in [1.82, 2.24) is 15.3 Å². The standard InChI is InChI=1S/C15H17N3O4/c1-22-12-5-3-2-4-10(12)6-7-16-13(19)8-11-9-14(20)18-15(21)17-11/h2-5,9H,6-8H2,1H3,(H,16,19)(H2,17,18,20,21). The molecule has 2 aromatic rings. The van der Waals surface area contributed by atoms with Crippen molar-refractivity contribution in [2.75, 3.05) is 13.7 Å². The van der Waals surface area contributed by atoms with Crippen molar-refractivity contribution in [3.63, 3.8) is 0 Å². The quantitative estimate of drug-likeness (QED) is 0.697. The predicted molar refractivity (Wildman–Crippen MR) is 81.1 cm³/mol. The largest absolute Gasteiger partial charge is 0.496 e. The molecular weight excluding hydrogens is 286 g/mol. The zero-order chi connectivity index (χ0) is 15.9. The lowest BCUT2D eigenvalue weighted by Crippen LogP contribution is -2.30. The van der Waals surface area contributed by atoms with Crippen molar-refractivity contribution in [3.05, 3.63) is 62.4 Å². The molecule has 0 aliphatic carbocycles. The Kier molecular flexibility index (Phi) is 5.13. The van der Waals surface area contributed by atoms with Crippen molar-refractivity contribution in [2.45, 2.75) is 12.8 Å². The Morgan fingerprint density at radius 2 is 2.00 bits per heavy atom. The van der Waals surface area contributed by atoms with Crippen LogP contribution in [0.25, 0.3) is 0 Å². The number of methoxy groups -OCH3 is 1. The van der Waals surface area contributed by atoms with Crippen LogP contribution in [0.3, 0.4) is 0 Å². The molecule has 0 aliphatic heterocycles. The van der Waals surface area contributed by atoms with Gasteiger partial charge < -0.3 is 15.0 Å². The molecule has 0 fully saturated rings. The van der Waals surface area contributed by atoms with Gasteiger partial charge in [0.25, 0.3) is 5.56 Å². The van der Waals surface area contributed by atoms with Gasteiger partial charge in [-0.1, -0.05) is 18.2 Å². The molecule has 0 aliphatic rings. The number of carbonyl (C=O) groups excluding carboxylic acids is 1. The molecule has 22 heavy (non-hydrogen) atoms. The Morgan fingerprint density at radius 3 is 2.73 bits per heavy atom. The minimum absolute atomic E-state index is 0.0505. The Balaban J connectivity index is 1.88. The van der Waals surface area contributed by atoms with Gasteiger partial charge in [0, 0.05) is 18.3 Å². The van der Waals surface area contributed by atoms with Gasteiger partial charge in [0.2, 0.25) is 5.91 Å². The van der Waals surface area contributed by atoms with E-state index in [1.165, 1.54) is 6.07 Å². The fourth-order valence-electron chi connectivity index (χ4n) is 2.10. The summed E-state index contributed by atoms with van der Waals surface area (Å²) in [4.78, 5) is 38.5. The summed E-state index contributed by atoms with van der Waals surface area (Å²) < 4.78 is 5.23. The molecule has 3 N–H and O–H groups in total. The number of benzene rings is 1. The second-order valence-corrected chi connectivity index (χ2v) is 4.70. The van der Waals surface area contributed by atoms with Gasteiger partial charge in [-0.05, 0) is 18.1 Å². The highest BCUT2D eigenvalue weighted by Gasteiger charge is 2.06. The van der Waals surface area contributed by atoms with Gasteiger partial charge >= 0.3 is 5.69 Å². The van der Waals surface area contributed by atoms with Gasteiger partial charge in [0.1, 0.15) is 5.75 Å².